The first-order valence-corrected chi connectivity index (χ1v) is 8.73. The standard InChI is InChI=1S/C17H21N3OS/c18-17(20-9-12-22-13-10-20)19-8-11-21-16-7-3-5-14-4-1-2-6-15(14)16/h1-7H,8-13H2,(H2,18,19). The average Bonchev–Trinajstić information content (AvgIpc) is 2.59. The largest absolute Gasteiger partial charge is 0.491 e. The van der Waals surface area contributed by atoms with Crippen molar-refractivity contribution in [2.45, 2.75) is 0 Å². The van der Waals surface area contributed by atoms with Crippen molar-refractivity contribution in [1.29, 1.82) is 0 Å². The summed E-state index contributed by atoms with van der Waals surface area (Å²) < 4.78 is 5.87. The van der Waals surface area contributed by atoms with Crippen LogP contribution in [0.2, 0.25) is 0 Å². The molecule has 22 heavy (non-hydrogen) atoms. The van der Waals surface area contributed by atoms with E-state index >= 15 is 0 Å². The number of aliphatic imine (C=N–C) groups is 1. The first-order valence-electron chi connectivity index (χ1n) is 7.58. The van der Waals surface area contributed by atoms with E-state index in [1.54, 1.807) is 0 Å². The van der Waals surface area contributed by atoms with Gasteiger partial charge in [-0.05, 0) is 11.5 Å². The molecule has 1 aliphatic rings. The Morgan fingerprint density at radius 1 is 1.14 bits per heavy atom. The fraction of sp³-hybridized carbons (Fsp3) is 0.353. The van der Waals surface area contributed by atoms with Crippen LogP contribution in [-0.2, 0) is 0 Å². The molecule has 0 saturated carbocycles. The molecular weight excluding hydrogens is 294 g/mol. The van der Waals surface area contributed by atoms with E-state index in [2.05, 4.69) is 28.1 Å². The molecule has 0 bridgehead atoms. The van der Waals surface area contributed by atoms with Crippen LogP contribution in [0.4, 0.5) is 0 Å². The second-order valence-corrected chi connectivity index (χ2v) is 6.39. The fourth-order valence-electron chi connectivity index (χ4n) is 2.53. The van der Waals surface area contributed by atoms with Gasteiger partial charge in [-0.25, -0.2) is 4.99 Å². The number of benzene rings is 2. The van der Waals surface area contributed by atoms with Crippen LogP contribution in [0.5, 0.6) is 5.75 Å². The lowest BCUT2D eigenvalue weighted by molar-refractivity contribution is 0.331. The van der Waals surface area contributed by atoms with Crippen LogP contribution >= 0.6 is 11.8 Å². The van der Waals surface area contributed by atoms with Crippen molar-refractivity contribution in [1.82, 2.24) is 4.90 Å². The van der Waals surface area contributed by atoms with E-state index < -0.39 is 0 Å². The molecule has 3 rings (SSSR count). The second-order valence-electron chi connectivity index (χ2n) is 5.17. The molecule has 2 aromatic carbocycles. The monoisotopic (exact) mass is 315 g/mol. The maximum Gasteiger partial charge on any atom is 0.191 e. The number of fused-ring (bicyclic) bond motifs is 1. The Kier molecular flexibility index (Phi) is 5.06. The first kappa shape index (κ1) is 15.0. The number of rotatable bonds is 4. The van der Waals surface area contributed by atoms with Gasteiger partial charge >= 0.3 is 0 Å². The van der Waals surface area contributed by atoms with E-state index in [0.29, 0.717) is 19.1 Å². The lowest BCUT2D eigenvalue weighted by atomic mass is 10.1. The van der Waals surface area contributed by atoms with E-state index in [4.69, 9.17) is 10.5 Å². The third-order valence-electron chi connectivity index (χ3n) is 3.71. The minimum absolute atomic E-state index is 0.539. The highest BCUT2D eigenvalue weighted by Crippen LogP contribution is 2.24. The fourth-order valence-corrected chi connectivity index (χ4v) is 3.43. The zero-order valence-corrected chi connectivity index (χ0v) is 13.4. The summed E-state index contributed by atoms with van der Waals surface area (Å²) in [7, 11) is 0. The minimum Gasteiger partial charge on any atom is -0.491 e. The maximum absolute atomic E-state index is 6.03. The molecule has 0 aliphatic carbocycles. The molecule has 1 fully saturated rings. The highest BCUT2D eigenvalue weighted by molar-refractivity contribution is 7.99. The number of ether oxygens (including phenoxy) is 1. The van der Waals surface area contributed by atoms with Crippen molar-refractivity contribution in [3.8, 4) is 5.75 Å². The summed E-state index contributed by atoms with van der Waals surface area (Å²) in [5.41, 5.74) is 6.03. The maximum atomic E-state index is 6.03. The van der Waals surface area contributed by atoms with E-state index in [1.807, 2.05) is 36.0 Å². The zero-order chi connectivity index (χ0) is 15.2. The van der Waals surface area contributed by atoms with Gasteiger partial charge in [-0.2, -0.15) is 11.8 Å². The molecule has 4 nitrogen and oxygen atoms in total. The van der Waals surface area contributed by atoms with E-state index in [9.17, 15) is 0 Å². The van der Waals surface area contributed by atoms with Gasteiger partial charge in [-0.3, -0.25) is 0 Å². The van der Waals surface area contributed by atoms with Crippen LogP contribution in [0.1, 0.15) is 0 Å². The summed E-state index contributed by atoms with van der Waals surface area (Å²) in [6, 6.07) is 14.3. The summed E-state index contributed by atoms with van der Waals surface area (Å²) in [6.45, 7) is 3.10. The Bertz CT molecular complexity index is 648. The third kappa shape index (κ3) is 3.65. The quantitative estimate of drug-likeness (QED) is 0.535. The Balaban J connectivity index is 1.56. The second kappa shape index (κ2) is 7.40. The van der Waals surface area contributed by atoms with E-state index in [-0.39, 0.29) is 0 Å². The van der Waals surface area contributed by atoms with Gasteiger partial charge in [0, 0.05) is 30.0 Å². The van der Waals surface area contributed by atoms with E-state index in [0.717, 1.165) is 35.7 Å². The van der Waals surface area contributed by atoms with Crippen LogP contribution in [0.25, 0.3) is 10.8 Å². The lowest BCUT2D eigenvalue weighted by Crippen LogP contribution is -2.42. The molecule has 1 aliphatic heterocycles. The summed E-state index contributed by atoms with van der Waals surface area (Å²) in [4.78, 5) is 6.58. The van der Waals surface area contributed by atoms with Gasteiger partial charge in [0.2, 0.25) is 0 Å². The third-order valence-corrected chi connectivity index (χ3v) is 4.65. The van der Waals surface area contributed by atoms with Gasteiger partial charge in [-0.1, -0.05) is 36.4 Å². The normalized spacial score (nSPS) is 16.0. The SMILES string of the molecule is NC(=NCCOc1cccc2ccccc12)N1CCSCC1. The van der Waals surface area contributed by atoms with Crippen molar-refractivity contribution in [3.63, 3.8) is 0 Å². The van der Waals surface area contributed by atoms with E-state index in [1.165, 1.54) is 5.39 Å². The van der Waals surface area contributed by atoms with Crippen molar-refractivity contribution in [3.05, 3.63) is 42.5 Å². The van der Waals surface area contributed by atoms with Crippen molar-refractivity contribution in [2.75, 3.05) is 37.7 Å². The highest BCUT2D eigenvalue weighted by atomic mass is 32.2. The smallest absolute Gasteiger partial charge is 0.191 e. The molecule has 0 spiro atoms. The molecule has 0 radical (unpaired) electrons. The number of hydrogen-bond acceptors (Lipinski definition) is 3. The van der Waals surface area contributed by atoms with Crippen LogP contribution < -0.4 is 10.5 Å². The number of hydrogen-bond donors (Lipinski definition) is 1. The Hall–Kier alpha value is -1.88. The van der Waals surface area contributed by atoms with Crippen molar-refractivity contribution >= 4 is 28.5 Å². The number of nitrogens with two attached hydrogens (primary N) is 1. The molecule has 2 aromatic rings. The topological polar surface area (TPSA) is 50.9 Å². The van der Waals surface area contributed by atoms with Gasteiger partial charge in [0.25, 0.3) is 0 Å². The van der Waals surface area contributed by atoms with Crippen molar-refractivity contribution in [2.24, 2.45) is 10.7 Å². The number of guanidine groups is 1. The summed E-state index contributed by atoms with van der Waals surface area (Å²) >= 11 is 1.97. The molecule has 2 N–H and O–H groups in total. The van der Waals surface area contributed by atoms with Gasteiger partial charge in [-0.15, -0.1) is 0 Å². The van der Waals surface area contributed by atoms with Gasteiger partial charge in [0.15, 0.2) is 5.96 Å². The van der Waals surface area contributed by atoms with Gasteiger partial charge in [0.05, 0.1) is 6.54 Å². The predicted molar refractivity (Wildman–Crippen MR) is 94.8 cm³/mol. The summed E-state index contributed by atoms with van der Waals surface area (Å²) in [6.07, 6.45) is 0. The lowest BCUT2D eigenvalue weighted by Gasteiger charge is -2.27. The number of thioether (sulfide) groups is 1. The number of nitrogens with zero attached hydrogens (tertiary/aromatic N) is 2. The molecular formula is C17H21N3OS. The van der Waals surface area contributed by atoms with Crippen LogP contribution in [0.15, 0.2) is 47.5 Å². The Morgan fingerprint density at radius 2 is 1.91 bits per heavy atom. The minimum atomic E-state index is 0.539. The van der Waals surface area contributed by atoms with Gasteiger partial charge < -0.3 is 15.4 Å². The van der Waals surface area contributed by atoms with Crippen LogP contribution in [0, 0.1) is 0 Å². The Morgan fingerprint density at radius 3 is 2.77 bits per heavy atom. The van der Waals surface area contributed by atoms with Crippen LogP contribution in [0.3, 0.4) is 0 Å². The summed E-state index contributed by atoms with van der Waals surface area (Å²) in [5, 5.41) is 2.32. The highest BCUT2D eigenvalue weighted by Gasteiger charge is 2.11. The van der Waals surface area contributed by atoms with Gasteiger partial charge in [0.1, 0.15) is 12.4 Å². The van der Waals surface area contributed by atoms with Crippen molar-refractivity contribution < 1.29 is 4.74 Å². The zero-order valence-electron chi connectivity index (χ0n) is 12.6. The van der Waals surface area contributed by atoms with Crippen LogP contribution in [-0.4, -0.2) is 48.6 Å². The predicted octanol–water partition coefficient (Wildman–Crippen LogP) is 2.58. The molecule has 0 aromatic heterocycles. The average molecular weight is 315 g/mol. The Labute approximate surface area is 135 Å². The molecule has 0 amide bonds. The molecule has 1 saturated heterocycles. The molecule has 116 valence electrons. The molecule has 0 unspecified atom stereocenters. The first-order chi connectivity index (χ1) is 10.8. The molecule has 1 heterocycles. The molecule has 0 atom stereocenters. The summed E-state index contributed by atoms with van der Waals surface area (Å²) in [5.74, 6) is 3.80. The molecule has 5 heteroatoms.